The third kappa shape index (κ3) is 4.38. The fourth-order valence-electron chi connectivity index (χ4n) is 1.28. The normalized spacial score (nSPS) is 13.6. The number of methoxy groups -OCH3 is 1. The smallest absolute Gasteiger partial charge is 0.188 e. The van der Waals surface area contributed by atoms with E-state index in [1.807, 2.05) is 13.0 Å². The summed E-state index contributed by atoms with van der Waals surface area (Å²) >= 11 is 0. The summed E-state index contributed by atoms with van der Waals surface area (Å²) in [6.07, 6.45) is 1.80. The lowest BCUT2D eigenvalue weighted by Gasteiger charge is -2.10. The van der Waals surface area contributed by atoms with E-state index in [4.69, 9.17) is 15.7 Å². The third-order valence-electron chi connectivity index (χ3n) is 2.36. The average Bonchev–Trinajstić information content (AvgIpc) is 2.38. The molecular weight excluding hydrogens is 220 g/mol. The van der Waals surface area contributed by atoms with Crippen molar-refractivity contribution in [1.29, 1.82) is 0 Å². The van der Waals surface area contributed by atoms with Crippen molar-refractivity contribution in [3.8, 4) is 0 Å². The molecular formula is C11H18N4O2. The minimum atomic E-state index is 0.0112. The van der Waals surface area contributed by atoms with E-state index in [2.05, 4.69) is 15.5 Å². The van der Waals surface area contributed by atoms with Crippen LogP contribution in [0.1, 0.15) is 18.2 Å². The van der Waals surface area contributed by atoms with Crippen molar-refractivity contribution < 1.29 is 9.94 Å². The maximum absolute atomic E-state index is 8.55. The quantitative estimate of drug-likeness (QED) is 0.287. The van der Waals surface area contributed by atoms with Gasteiger partial charge in [-0.2, -0.15) is 0 Å². The molecule has 0 saturated carbocycles. The lowest BCUT2D eigenvalue weighted by atomic mass is 10.2. The number of ether oxygens (including phenoxy) is 1. The number of pyridine rings is 1. The van der Waals surface area contributed by atoms with Crippen molar-refractivity contribution in [2.75, 3.05) is 13.7 Å². The molecule has 1 atom stereocenters. The first-order chi connectivity index (χ1) is 8.17. The van der Waals surface area contributed by atoms with Gasteiger partial charge in [0.2, 0.25) is 0 Å². The maximum Gasteiger partial charge on any atom is 0.188 e. The molecule has 1 aromatic heterocycles. The number of rotatable bonds is 6. The van der Waals surface area contributed by atoms with E-state index in [-0.39, 0.29) is 11.9 Å². The van der Waals surface area contributed by atoms with Crippen LogP contribution in [0.5, 0.6) is 0 Å². The van der Waals surface area contributed by atoms with Gasteiger partial charge in [-0.15, -0.1) is 0 Å². The predicted molar refractivity (Wildman–Crippen MR) is 64.9 cm³/mol. The Morgan fingerprint density at radius 1 is 1.71 bits per heavy atom. The molecule has 94 valence electrons. The van der Waals surface area contributed by atoms with E-state index in [0.29, 0.717) is 12.2 Å². The van der Waals surface area contributed by atoms with Crippen LogP contribution in [-0.2, 0) is 11.3 Å². The number of amidine groups is 1. The summed E-state index contributed by atoms with van der Waals surface area (Å²) in [4.78, 5) is 4.00. The zero-order chi connectivity index (χ0) is 12.7. The van der Waals surface area contributed by atoms with Gasteiger partial charge >= 0.3 is 0 Å². The molecule has 6 nitrogen and oxygen atoms in total. The van der Waals surface area contributed by atoms with Crippen LogP contribution in [0, 0.1) is 0 Å². The molecule has 0 fully saturated rings. The van der Waals surface area contributed by atoms with Gasteiger partial charge in [0.1, 0.15) is 5.69 Å². The molecule has 0 aliphatic heterocycles. The zero-order valence-corrected chi connectivity index (χ0v) is 10.1. The van der Waals surface area contributed by atoms with E-state index in [9.17, 15) is 0 Å². The second kappa shape index (κ2) is 6.82. The highest BCUT2D eigenvalue weighted by Crippen LogP contribution is 2.01. The number of hydrogen-bond acceptors (Lipinski definition) is 5. The molecule has 6 heteroatoms. The lowest BCUT2D eigenvalue weighted by Crippen LogP contribution is -2.25. The highest BCUT2D eigenvalue weighted by atomic mass is 16.5. The maximum atomic E-state index is 8.55. The van der Waals surface area contributed by atoms with Gasteiger partial charge in [-0.1, -0.05) is 5.16 Å². The molecule has 0 aromatic carbocycles. The van der Waals surface area contributed by atoms with Crippen molar-refractivity contribution in [3.63, 3.8) is 0 Å². The Hall–Kier alpha value is -1.66. The number of nitrogens with two attached hydrogens (primary N) is 1. The second-order valence-corrected chi connectivity index (χ2v) is 3.71. The Bertz CT molecular complexity index is 381. The Balaban J connectivity index is 2.54. The molecule has 0 saturated heterocycles. The van der Waals surface area contributed by atoms with E-state index >= 15 is 0 Å². The minimum Gasteiger partial charge on any atom is -0.409 e. The summed E-state index contributed by atoms with van der Waals surface area (Å²) in [6, 6.07) is 3.65. The summed E-state index contributed by atoms with van der Waals surface area (Å²) in [6.45, 7) is 3.43. The summed E-state index contributed by atoms with van der Waals surface area (Å²) in [7, 11) is 1.68. The van der Waals surface area contributed by atoms with Crippen LogP contribution in [0.2, 0.25) is 0 Å². The summed E-state index contributed by atoms with van der Waals surface area (Å²) in [5, 5.41) is 14.7. The number of nitrogens with zero attached hydrogens (tertiary/aromatic N) is 2. The van der Waals surface area contributed by atoms with E-state index in [0.717, 1.165) is 12.1 Å². The van der Waals surface area contributed by atoms with Gasteiger partial charge in [-0.3, -0.25) is 4.98 Å². The number of hydrogen-bond donors (Lipinski definition) is 3. The summed E-state index contributed by atoms with van der Waals surface area (Å²) in [5.41, 5.74) is 6.94. The van der Waals surface area contributed by atoms with E-state index in [1.54, 1.807) is 19.4 Å². The molecule has 0 bridgehead atoms. The van der Waals surface area contributed by atoms with Gasteiger partial charge in [-0.05, 0) is 24.6 Å². The number of nitrogens with one attached hydrogen (secondary N) is 1. The Labute approximate surface area is 100 Å². The standard InChI is InChI=1S/C11H18N4O2/c1-8(17-2)6-13-7-9-3-4-14-10(5-9)11(12)15-16/h3-5,8,13,16H,6-7H2,1-2H3,(H2,12,15). The molecule has 0 aliphatic carbocycles. The minimum absolute atomic E-state index is 0.0112. The second-order valence-electron chi connectivity index (χ2n) is 3.71. The zero-order valence-electron chi connectivity index (χ0n) is 10.1. The van der Waals surface area contributed by atoms with Gasteiger partial charge in [0, 0.05) is 26.4 Å². The molecule has 1 unspecified atom stereocenters. The van der Waals surface area contributed by atoms with Crippen LogP contribution in [-0.4, -0.2) is 35.8 Å². The molecule has 0 amide bonds. The number of oxime groups is 1. The summed E-state index contributed by atoms with van der Waals surface area (Å²) < 4.78 is 5.12. The molecule has 0 spiro atoms. The van der Waals surface area contributed by atoms with Crippen LogP contribution in [0.25, 0.3) is 0 Å². The van der Waals surface area contributed by atoms with Crippen LogP contribution in [0.3, 0.4) is 0 Å². The number of aromatic nitrogens is 1. The predicted octanol–water partition coefficient (Wildman–Crippen LogP) is 0.301. The van der Waals surface area contributed by atoms with Crippen molar-refractivity contribution in [2.24, 2.45) is 10.9 Å². The molecule has 0 radical (unpaired) electrons. The van der Waals surface area contributed by atoms with Gasteiger partial charge in [-0.25, -0.2) is 0 Å². The van der Waals surface area contributed by atoms with E-state index in [1.165, 1.54) is 0 Å². The van der Waals surface area contributed by atoms with Crippen LogP contribution in [0.15, 0.2) is 23.5 Å². The average molecular weight is 238 g/mol. The van der Waals surface area contributed by atoms with Crippen LogP contribution >= 0.6 is 0 Å². The van der Waals surface area contributed by atoms with Gasteiger partial charge in [0.15, 0.2) is 5.84 Å². The summed E-state index contributed by atoms with van der Waals surface area (Å²) in [5.74, 6) is 0.0112. The molecule has 1 rings (SSSR count). The SMILES string of the molecule is COC(C)CNCc1ccnc(/C(N)=N/O)c1. The largest absolute Gasteiger partial charge is 0.409 e. The van der Waals surface area contributed by atoms with Crippen molar-refractivity contribution in [2.45, 2.75) is 19.6 Å². The van der Waals surface area contributed by atoms with Crippen LogP contribution in [0.4, 0.5) is 0 Å². The van der Waals surface area contributed by atoms with Gasteiger partial charge in [0.05, 0.1) is 6.10 Å². The lowest BCUT2D eigenvalue weighted by molar-refractivity contribution is 0.117. The topological polar surface area (TPSA) is 92.8 Å². The van der Waals surface area contributed by atoms with Gasteiger partial charge < -0.3 is 21.0 Å². The fourth-order valence-corrected chi connectivity index (χ4v) is 1.28. The first-order valence-electron chi connectivity index (χ1n) is 5.33. The molecule has 0 aliphatic rings. The van der Waals surface area contributed by atoms with Crippen LogP contribution < -0.4 is 11.1 Å². The molecule has 17 heavy (non-hydrogen) atoms. The first kappa shape index (κ1) is 13.4. The Morgan fingerprint density at radius 2 is 2.47 bits per heavy atom. The highest BCUT2D eigenvalue weighted by molar-refractivity contribution is 5.95. The Morgan fingerprint density at radius 3 is 3.12 bits per heavy atom. The monoisotopic (exact) mass is 238 g/mol. The molecule has 1 heterocycles. The van der Waals surface area contributed by atoms with Crippen molar-refractivity contribution in [3.05, 3.63) is 29.6 Å². The Kier molecular flexibility index (Phi) is 5.38. The van der Waals surface area contributed by atoms with Crippen molar-refractivity contribution in [1.82, 2.24) is 10.3 Å². The van der Waals surface area contributed by atoms with Gasteiger partial charge in [0.25, 0.3) is 0 Å². The highest BCUT2D eigenvalue weighted by Gasteiger charge is 2.03. The van der Waals surface area contributed by atoms with Crippen molar-refractivity contribution >= 4 is 5.84 Å². The first-order valence-corrected chi connectivity index (χ1v) is 5.33. The molecule has 4 N–H and O–H groups in total. The fraction of sp³-hybridized carbons (Fsp3) is 0.455. The third-order valence-corrected chi connectivity index (χ3v) is 2.36. The molecule has 1 aromatic rings. The van der Waals surface area contributed by atoms with E-state index < -0.39 is 0 Å².